The van der Waals surface area contributed by atoms with Gasteiger partial charge in [0.2, 0.25) is 25.6 Å². The van der Waals surface area contributed by atoms with Crippen LogP contribution in [0.25, 0.3) is 0 Å². The van der Waals surface area contributed by atoms with Crippen LogP contribution >= 0.6 is 0 Å². The van der Waals surface area contributed by atoms with E-state index in [0.29, 0.717) is 25.7 Å². The molecule has 3 N–H and O–H groups in total. The molecule has 2 saturated carbocycles. The van der Waals surface area contributed by atoms with Gasteiger partial charge in [-0.1, -0.05) is 44.6 Å². The Kier molecular flexibility index (Phi) is 4.85. The predicted octanol–water partition coefficient (Wildman–Crippen LogP) is 2.04. The molecule has 8 nitrogen and oxygen atoms in total. The normalized spacial score (nSPS) is 30.9. The van der Waals surface area contributed by atoms with E-state index >= 15 is 0 Å². The number of aliphatic hydroxyl groups excluding tert-OH is 1. The van der Waals surface area contributed by atoms with E-state index in [0.717, 1.165) is 44.6 Å². The molecule has 0 aromatic heterocycles. The van der Waals surface area contributed by atoms with Gasteiger partial charge >= 0.3 is 0 Å². The fraction of sp³-hybridized carbons (Fsp3) is 0.632. The standard InChI is InChI=1S/C19H26N2O6S2/c22-16-14(28(24,25)18(20-16)10-3-1-4-11-18)8-7-9-15-17(23)21-19(29(15,26)27)12-5-2-6-13-19/h7-9,20,22H,1-6,10-13H2,(H,21,23)/b8-7+,15-9+. The number of sulfone groups is 2. The van der Waals surface area contributed by atoms with E-state index in [2.05, 4.69) is 10.6 Å². The number of rotatable bonds is 2. The lowest BCUT2D eigenvalue weighted by molar-refractivity contribution is -0.117. The topological polar surface area (TPSA) is 130 Å². The lowest BCUT2D eigenvalue weighted by Crippen LogP contribution is -2.47. The fourth-order valence-corrected chi connectivity index (χ4v) is 9.01. The number of hydrogen-bond donors (Lipinski definition) is 3. The molecule has 1 saturated heterocycles. The molecule has 3 fully saturated rings. The number of nitrogens with one attached hydrogen (secondary N) is 2. The molecule has 0 aromatic carbocycles. The third-order valence-corrected chi connectivity index (χ3v) is 11.5. The van der Waals surface area contributed by atoms with Gasteiger partial charge in [0.15, 0.2) is 0 Å². The maximum atomic E-state index is 13.0. The molecule has 2 aliphatic heterocycles. The summed E-state index contributed by atoms with van der Waals surface area (Å²) in [5, 5.41) is 15.6. The number of allylic oxidation sites excluding steroid dienone is 3. The molecule has 0 aromatic rings. The maximum absolute atomic E-state index is 13.0. The summed E-state index contributed by atoms with van der Waals surface area (Å²) in [5.74, 6) is -1.09. The Morgan fingerprint density at radius 1 is 0.793 bits per heavy atom. The van der Waals surface area contributed by atoms with E-state index in [1.54, 1.807) is 0 Å². The van der Waals surface area contributed by atoms with Crippen LogP contribution in [0, 0.1) is 0 Å². The van der Waals surface area contributed by atoms with E-state index < -0.39 is 41.2 Å². The number of hydrogen-bond acceptors (Lipinski definition) is 7. The van der Waals surface area contributed by atoms with Crippen molar-refractivity contribution in [2.24, 2.45) is 0 Å². The molecule has 1 amide bonds. The van der Waals surface area contributed by atoms with E-state index in [-0.39, 0.29) is 9.81 Å². The van der Waals surface area contributed by atoms with Gasteiger partial charge < -0.3 is 15.7 Å². The molecule has 10 heteroatoms. The van der Waals surface area contributed by atoms with Crippen molar-refractivity contribution in [3.63, 3.8) is 0 Å². The number of aliphatic hydroxyl groups is 1. The predicted molar refractivity (Wildman–Crippen MR) is 108 cm³/mol. The molecule has 160 valence electrons. The first-order valence-corrected chi connectivity index (χ1v) is 13.0. The quantitative estimate of drug-likeness (QED) is 0.558. The highest BCUT2D eigenvalue weighted by Crippen LogP contribution is 2.43. The molecular weight excluding hydrogens is 416 g/mol. The van der Waals surface area contributed by atoms with E-state index in [1.807, 2.05) is 0 Å². The Morgan fingerprint density at radius 2 is 1.31 bits per heavy atom. The fourth-order valence-electron chi connectivity index (χ4n) is 4.94. The van der Waals surface area contributed by atoms with E-state index in [9.17, 15) is 26.7 Å². The lowest BCUT2D eigenvalue weighted by Gasteiger charge is -2.32. The zero-order valence-corrected chi connectivity index (χ0v) is 17.7. The molecule has 0 radical (unpaired) electrons. The minimum Gasteiger partial charge on any atom is -0.494 e. The van der Waals surface area contributed by atoms with Crippen molar-refractivity contribution >= 4 is 25.6 Å². The van der Waals surface area contributed by atoms with Crippen molar-refractivity contribution in [2.45, 2.75) is 74.0 Å². The van der Waals surface area contributed by atoms with E-state index in [1.165, 1.54) is 12.2 Å². The van der Waals surface area contributed by atoms with Gasteiger partial charge in [-0.3, -0.25) is 4.79 Å². The zero-order valence-electron chi connectivity index (χ0n) is 16.1. The molecular formula is C19H26N2O6S2. The summed E-state index contributed by atoms with van der Waals surface area (Å²) in [5.41, 5.74) is 0. The molecule has 0 unspecified atom stereocenters. The number of carbonyl (C=O) groups is 1. The highest BCUT2D eigenvalue weighted by molar-refractivity contribution is 7.98. The van der Waals surface area contributed by atoms with Crippen molar-refractivity contribution in [3.05, 3.63) is 33.9 Å². The second-order valence-corrected chi connectivity index (χ2v) is 12.8. The first-order valence-electron chi connectivity index (χ1n) is 10.1. The van der Waals surface area contributed by atoms with Crippen LogP contribution in [-0.4, -0.2) is 37.6 Å². The van der Waals surface area contributed by atoms with Gasteiger partial charge in [-0.25, -0.2) is 16.8 Å². The summed E-state index contributed by atoms with van der Waals surface area (Å²) in [6.45, 7) is 0. The first kappa shape index (κ1) is 20.5. The third kappa shape index (κ3) is 2.94. The Labute approximate surface area is 171 Å². The molecule has 0 bridgehead atoms. The van der Waals surface area contributed by atoms with Crippen LogP contribution in [-0.2, 0) is 24.5 Å². The van der Waals surface area contributed by atoms with Crippen molar-refractivity contribution in [3.8, 4) is 0 Å². The van der Waals surface area contributed by atoms with Gasteiger partial charge in [-0.15, -0.1) is 0 Å². The van der Waals surface area contributed by atoms with Crippen LogP contribution in [0.5, 0.6) is 0 Å². The van der Waals surface area contributed by atoms with E-state index in [4.69, 9.17) is 0 Å². The molecule has 4 aliphatic rings. The van der Waals surface area contributed by atoms with Gasteiger partial charge in [-0.05, 0) is 37.8 Å². The van der Waals surface area contributed by atoms with Gasteiger partial charge in [0.25, 0.3) is 5.91 Å². The minimum atomic E-state index is -3.86. The van der Waals surface area contributed by atoms with Gasteiger partial charge in [-0.2, -0.15) is 0 Å². The highest BCUT2D eigenvalue weighted by Gasteiger charge is 2.55. The third-order valence-electron chi connectivity index (χ3n) is 6.57. The van der Waals surface area contributed by atoms with Crippen LogP contribution in [0.1, 0.15) is 64.2 Å². The Hall–Kier alpha value is -1.81. The molecule has 2 aliphatic carbocycles. The maximum Gasteiger partial charge on any atom is 0.264 e. The second kappa shape index (κ2) is 6.87. The number of amides is 1. The van der Waals surface area contributed by atoms with Gasteiger partial charge in [0.05, 0.1) is 0 Å². The van der Waals surface area contributed by atoms with Gasteiger partial charge in [0.1, 0.15) is 19.6 Å². The largest absolute Gasteiger partial charge is 0.494 e. The summed E-state index contributed by atoms with van der Waals surface area (Å²) >= 11 is 0. The lowest BCUT2D eigenvalue weighted by atomic mass is 9.95. The Balaban J connectivity index is 1.62. The second-order valence-electron chi connectivity index (χ2n) is 8.30. The molecule has 4 rings (SSSR count). The van der Waals surface area contributed by atoms with Crippen molar-refractivity contribution in [1.29, 1.82) is 0 Å². The molecule has 0 atom stereocenters. The van der Waals surface area contributed by atoms with Gasteiger partial charge in [0, 0.05) is 0 Å². The highest BCUT2D eigenvalue weighted by atomic mass is 32.2. The molecule has 2 spiro atoms. The SMILES string of the molecule is O=C1NC2(CCCCC2)S(=O)(=O)/C1=C/C=C/C1=C(O)NC2(CCCCC2)S1(=O)=O. The Bertz CT molecular complexity index is 1020. The van der Waals surface area contributed by atoms with Crippen molar-refractivity contribution in [2.75, 3.05) is 0 Å². The minimum absolute atomic E-state index is 0.264. The Morgan fingerprint density at radius 3 is 1.86 bits per heavy atom. The van der Waals surface area contributed by atoms with Crippen molar-refractivity contribution in [1.82, 2.24) is 10.6 Å². The van der Waals surface area contributed by atoms with Crippen LogP contribution in [0.3, 0.4) is 0 Å². The van der Waals surface area contributed by atoms with Crippen molar-refractivity contribution < 1.29 is 26.7 Å². The smallest absolute Gasteiger partial charge is 0.264 e. The summed E-state index contributed by atoms with van der Waals surface area (Å²) in [6.07, 6.45) is 9.97. The summed E-state index contributed by atoms with van der Waals surface area (Å²) < 4.78 is 51.9. The van der Waals surface area contributed by atoms with Crippen LogP contribution in [0.2, 0.25) is 0 Å². The number of carbonyl (C=O) groups excluding carboxylic acids is 1. The molecule has 29 heavy (non-hydrogen) atoms. The monoisotopic (exact) mass is 442 g/mol. The molecule has 2 heterocycles. The van der Waals surface area contributed by atoms with Crippen LogP contribution in [0.4, 0.5) is 0 Å². The average Bonchev–Trinajstić information content (AvgIpc) is 2.96. The van der Waals surface area contributed by atoms with Crippen LogP contribution < -0.4 is 10.6 Å². The average molecular weight is 443 g/mol. The first-order chi connectivity index (χ1) is 13.7. The zero-order chi connectivity index (χ0) is 20.9. The summed E-state index contributed by atoms with van der Waals surface area (Å²) in [4.78, 5) is 9.29. The van der Waals surface area contributed by atoms with Crippen LogP contribution in [0.15, 0.2) is 33.9 Å². The summed E-state index contributed by atoms with van der Waals surface area (Å²) in [6, 6.07) is 0. The summed E-state index contributed by atoms with van der Waals surface area (Å²) in [7, 11) is -7.67.